The molecule has 0 unspecified atom stereocenters. The Morgan fingerprint density at radius 1 is 1.11 bits per heavy atom. The summed E-state index contributed by atoms with van der Waals surface area (Å²) in [5, 5.41) is 2.42. The van der Waals surface area contributed by atoms with Crippen molar-refractivity contribution in [3.05, 3.63) is 21.4 Å². The molecule has 4 nitrogen and oxygen atoms in total. The summed E-state index contributed by atoms with van der Waals surface area (Å²) in [6.45, 7) is 0. The van der Waals surface area contributed by atoms with E-state index in [9.17, 15) is 27.2 Å². The second-order valence-electron chi connectivity index (χ2n) is 3.41. The molecule has 0 atom stereocenters. The van der Waals surface area contributed by atoms with Gasteiger partial charge in [-0.25, -0.2) is 9.71 Å². The molecular weight excluding hydrogens is 315 g/mol. The Kier molecular flexibility index (Phi) is 3.10. The molecule has 19 heavy (non-hydrogen) atoms. The normalized spacial score (nSPS) is 14.8. The number of carbonyl (C=O) groups is 2. The summed E-state index contributed by atoms with van der Waals surface area (Å²) < 4.78 is 52.1. The fourth-order valence-corrected chi connectivity index (χ4v) is 1.92. The average molecular weight is 316 g/mol. The number of fused-ring (bicyclic) bond motifs is 1. The van der Waals surface area contributed by atoms with Crippen LogP contribution in [-0.2, 0) is 15.8 Å². The number of halogens is 6. The second-order valence-corrected chi connectivity index (χ2v) is 4.17. The Bertz CT molecular complexity index is 615. The van der Waals surface area contributed by atoms with E-state index in [1.54, 1.807) is 5.32 Å². The van der Waals surface area contributed by atoms with Crippen LogP contribution in [0.5, 0.6) is 0 Å². The number of carbonyl (C=O) groups excluding carboxylic acids is 2. The molecule has 0 bridgehead atoms. The molecule has 1 aliphatic heterocycles. The maximum absolute atomic E-state index is 13.6. The average Bonchev–Trinajstić information content (AvgIpc) is 2.28. The van der Waals surface area contributed by atoms with Crippen molar-refractivity contribution in [1.82, 2.24) is 5.32 Å². The van der Waals surface area contributed by atoms with Crippen molar-refractivity contribution in [3.63, 3.8) is 0 Å². The molecule has 0 saturated carbocycles. The van der Waals surface area contributed by atoms with E-state index in [0.29, 0.717) is 0 Å². The van der Waals surface area contributed by atoms with Crippen molar-refractivity contribution in [1.29, 1.82) is 0 Å². The Balaban J connectivity index is 2.83. The third-order valence-corrected chi connectivity index (χ3v) is 3.06. The largest absolute Gasteiger partial charge is 0.420 e. The van der Waals surface area contributed by atoms with Crippen LogP contribution in [0.4, 0.5) is 28.9 Å². The number of nitrogens with zero attached hydrogens (tertiary/aromatic N) is 1. The maximum atomic E-state index is 13.6. The highest BCUT2D eigenvalue weighted by atomic mass is 35.5. The van der Waals surface area contributed by atoms with E-state index in [-0.39, 0.29) is 0 Å². The lowest BCUT2D eigenvalue weighted by atomic mass is 10.1. The van der Waals surface area contributed by atoms with Crippen molar-refractivity contribution >= 4 is 46.4 Å². The first-order valence-electron chi connectivity index (χ1n) is 4.49. The van der Waals surface area contributed by atoms with E-state index in [1.807, 2.05) is 0 Å². The quantitative estimate of drug-likeness (QED) is 0.454. The van der Waals surface area contributed by atoms with Gasteiger partial charge < -0.3 is 5.32 Å². The number of anilines is 1. The van der Waals surface area contributed by atoms with Gasteiger partial charge in [-0.3, -0.25) is 9.59 Å². The number of hydrogen-bond acceptors (Lipinski definition) is 2. The topological polar surface area (TPSA) is 60.3 Å². The molecule has 1 aromatic rings. The smallest absolute Gasteiger partial charge is 0.313 e. The first-order chi connectivity index (χ1) is 8.64. The predicted molar refractivity (Wildman–Crippen MR) is 56.9 cm³/mol. The molecule has 0 aromatic heterocycles. The molecule has 1 heterocycles. The van der Waals surface area contributed by atoms with Gasteiger partial charge >= 0.3 is 18.0 Å². The van der Waals surface area contributed by atoms with E-state index < -0.39 is 50.8 Å². The molecule has 0 aliphatic carbocycles. The van der Waals surface area contributed by atoms with E-state index in [2.05, 4.69) is 5.32 Å². The maximum Gasteiger partial charge on any atom is 0.420 e. The minimum Gasteiger partial charge on any atom is -0.313 e. The predicted octanol–water partition coefficient (Wildman–Crippen LogP) is 2.87. The Hall–Kier alpha value is -1.54. The van der Waals surface area contributed by atoms with Gasteiger partial charge in [0.2, 0.25) is 0 Å². The van der Waals surface area contributed by atoms with Crippen LogP contribution in [-0.4, -0.2) is 11.8 Å². The van der Waals surface area contributed by atoms with Crippen molar-refractivity contribution in [3.8, 4) is 0 Å². The van der Waals surface area contributed by atoms with Crippen molar-refractivity contribution in [2.75, 3.05) is 5.32 Å². The van der Waals surface area contributed by atoms with Crippen molar-refractivity contribution in [2.24, 2.45) is 0 Å². The summed E-state index contributed by atoms with van der Waals surface area (Å²) in [6, 6.07) is 0. The zero-order valence-electron chi connectivity index (χ0n) is 8.53. The molecular formula is C9HCl2F4N2O2. The van der Waals surface area contributed by atoms with Crippen LogP contribution in [0, 0.1) is 5.82 Å². The molecule has 10 heteroatoms. The van der Waals surface area contributed by atoms with Gasteiger partial charge in [-0.1, -0.05) is 23.2 Å². The lowest BCUT2D eigenvalue weighted by Gasteiger charge is -2.22. The summed E-state index contributed by atoms with van der Waals surface area (Å²) in [7, 11) is 0. The zero-order valence-corrected chi connectivity index (χ0v) is 10.0. The van der Waals surface area contributed by atoms with Gasteiger partial charge in [0.1, 0.15) is 16.9 Å². The molecule has 1 N–H and O–H groups in total. The second kappa shape index (κ2) is 4.24. The molecule has 0 fully saturated rings. The van der Waals surface area contributed by atoms with Gasteiger partial charge in [0.05, 0.1) is 10.0 Å². The number of benzene rings is 1. The minimum atomic E-state index is -5.02. The van der Waals surface area contributed by atoms with Gasteiger partial charge in [0, 0.05) is 0 Å². The lowest BCUT2D eigenvalue weighted by molar-refractivity contribution is -0.139. The molecule has 1 aliphatic rings. The standard InChI is InChI=1S/C9HCl2F4N2O2/c10-2-1(9(13,14)15)5-6(4(12)3(2)11)17-8(19)7(18)16-5/h(H,17,19). The Morgan fingerprint density at radius 3 is 2.21 bits per heavy atom. The molecule has 1 radical (unpaired) electrons. The Labute approximate surface area is 112 Å². The highest BCUT2D eigenvalue weighted by Gasteiger charge is 2.43. The third kappa shape index (κ3) is 2.10. The van der Waals surface area contributed by atoms with Gasteiger partial charge in [-0.2, -0.15) is 13.2 Å². The minimum absolute atomic E-state index is 0.925. The fraction of sp³-hybridized carbons (Fsp3) is 0.111. The number of alkyl halides is 3. The summed E-state index contributed by atoms with van der Waals surface area (Å²) in [4.78, 5) is 22.0. The summed E-state index contributed by atoms with van der Waals surface area (Å²) in [6.07, 6.45) is -5.02. The SMILES string of the molecule is O=C1[N]c2c(c(F)c(Cl)c(Cl)c2C(F)(F)F)NC1=O. The van der Waals surface area contributed by atoms with Crippen LogP contribution in [0.15, 0.2) is 0 Å². The zero-order chi connectivity index (χ0) is 14.5. The molecule has 0 spiro atoms. The number of hydrogen-bond donors (Lipinski definition) is 1. The molecule has 2 amide bonds. The van der Waals surface area contributed by atoms with Crippen LogP contribution in [0.3, 0.4) is 0 Å². The third-order valence-electron chi connectivity index (χ3n) is 2.23. The van der Waals surface area contributed by atoms with Crippen molar-refractivity contribution < 1.29 is 27.2 Å². The molecule has 2 rings (SSSR count). The van der Waals surface area contributed by atoms with E-state index in [0.717, 1.165) is 0 Å². The van der Waals surface area contributed by atoms with Gasteiger partial charge in [0.25, 0.3) is 0 Å². The number of nitrogens with one attached hydrogen (secondary N) is 1. The first kappa shape index (κ1) is 13.9. The summed E-state index contributed by atoms with van der Waals surface area (Å²) in [5.41, 5.74) is -3.60. The summed E-state index contributed by atoms with van der Waals surface area (Å²) in [5.74, 6) is -4.24. The van der Waals surface area contributed by atoms with Crippen LogP contribution >= 0.6 is 23.2 Å². The summed E-state index contributed by atoms with van der Waals surface area (Å²) >= 11 is 10.7. The van der Waals surface area contributed by atoms with E-state index in [1.165, 1.54) is 0 Å². The monoisotopic (exact) mass is 315 g/mol. The van der Waals surface area contributed by atoms with Gasteiger partial charge in [0.15, 0.2) is 5.82 Å². The van der Waals surface area contributed by atoms with E-state index >= 15 is 0 Å². The lowest BCUT2D eigenvalue weighted by Crippen LogP contribution is -2.35. The molecule has 0 saturated heterocycles. The van der Waals surface area contributed by atoms with Gasteiger partial charge in [-0.05, 0) is 0 Å². The highest BCUT2D eigenvalue weighted by molar-refractivity contribution is 6.46. The van der Waals surface area contributed by atoms with Crippen LogP contribution in [0.1, 0.15) is 5.56 Å². The number of rotatable bonds is 0. The molecule has 1 aromatic carbocycles. The highest BCUT2D eigenvalue weighted by Crippen LogP contribution is 2.49. The molecule has 101 valence electrons. The Morgan fingerprint density at radius 2 is 1.68 bits per heavy atom. The van der Waals surface area contributed by atoms with Gasteiger partial charge in [-0.15, -0.1) is 0 Å². The van der Waals surface area contributed by atoms with Crippen LogP contribution in [0.2, 0.25) is 10.0 Å². The van der Waals surface area contributed by atoms with Crippen molar-refractivity contribution in [2.45, 2.75) is 6.18 Å². The van der Waals surface area contributed by atoms with Crippen LogP contribution < -0.4 is 10.6 Å². The fourth-order valence-electron chi connectivity index (χ4n) is 1.45. The first-order valence-corrected chi connectivity index (χ1v) is 5.25. The number of amides is 2. The van der Waals surface area contributed by atoms with Crippen LogP contribution in [0.25, 0.3) is 0 Å². The van der Waals surface area contributed by atoms with E-state index in [4.69, 9.17) is 23.2 Å².